The van der Waals surface area contributed by atoms with Gasteiger partial charge in [-0.05, 0) is 30.3 Å². The summed E-state index contributed by atoms with van der Waals surface area (Å²) in [5.74, 6) is 0.205. The highest BCUT2D eigenvalue weighted by atomic mass is 16.5. The summed E-state index contributed by atoms with van der Waals surface area (Å²) in [6.45, 7) is 0. The van der Waals surface area contributed by atoms with Gasteiger partial charge in [0.15, 0.2) is 5.78 Å². The predicted octanol–water partition coefficient (Wildman–Crippen LogP) is 2.03. The van der Waals surface area contributed by atoms with Crippen molar-refractivity contribution in [3.8, 4) is 11.5 Å². The molecule has 2 rings (SSSR count). The predicted molar refractivity (Wildman–Crippen MR) is 62.3 cm³/mol. The highest BCUT2D eigenvalue weighted by Crippen LogP contribution is 2.25. The molecule has 1 heterocycles. The summed E-state index contributed by atoms with van der Waals surface area (Å²) >= 11 is 0. The molecule has 1 N–H and O–H groups in total. The first-order valence-electron chi connectivity index (χ1n) is 5.04. The first-order valence-corrected chi connectivity index (χ1v) is 5.04. The Kier molecular flexibility index (Phi) is 3.05. The number of hydrogen-bond acceptors (Lipinski definition) is 4. The number of carbonyl (C=O) groups excluding carboxylic acids is 1. The van der Waals surface area contributed by atoms with Crippen molar-refractivity contribution >= 4 is 5.78 Å². The lowest BCUT2D eigenvalue weighted by atomic mass is 10.0. The van der Waals surface area contributed by atoms with Crippen LogP contribution in [0.25, 0.3) is 0 Å². The van der Waals surface area contributed by atoms with Gasteiger partial charge in [0.05, 0.1) is 12.7 Å². The average Bonchev–Trinajstić information content (AvgIpc) is 2.39. The van der Waals surface area contributed by atoms with Crippen molar-refractivity contribution in [3.63, 3.8) is 0 Å². The molecule has 0 unspecified atom stereocenters. The Morgan fingerprint density at radius 2 is 1.94 bits per heavy atom. The van der Waals surface area contributed by atoms with Gasteiger partial charge in [-0.1, -0.05) is 0 Å². The summed E-state index contributed by atoms with van der Waals surface area (Å²) in [4.78, 5) is 15.9. The molecule has 0 amide bonds. The van der Waals surface area contributed by atoms with E-state index in [9.17, 15) is 9.90 Å². The quantitative estimate of drug-likeness (QED) is 0.818. The molecule has 1 aromatic heterocycles. The van der Waals surface area contributed by atoms with Crippen LogP contribution in [0.1, 0.15) is 15.9 Å². The van der Waals surface area contributed by atoms with Crippen molar-refractivity contribution in [3.05, 3.63) is 53.9 Å². The van der Waals surface area contributed by atoms with Crippen LogP contribution in [0.5, 0.6) is 11.5 Å². The zero-order chi connectivity index (χ0) is 12.3. The Morgan fingerprint density at radius 3 is 2.59 bits per heavy atom. The Balaban J connectivity index is 2.44. The molecule has 86 valence electrons. The molecule has 0 fully saturated rings. The van der Waals surface area contributed by atoms with E-state index < -0.39 is 0 Å². The van der Waals surface area contributed by atoms with Gasteiger partial charge in [-0.25, -0.2) is 0 Å². The number of methoxy groups -OCH3 is 1. The molecule has 0 radical (unpaired) electrons. The van der Waals surface area contributed by atoms with Crippen molar-refractivity contribution in [2.75, 3.05) is 7.11 Å². The molecule has 17 heavy (non-hydrogen) atoms. The minimum absolute atomic E-state index is 0.0624. The number of phenolic OH excluding ortho intramolecular Hbond substituents is 1. The molecule has 0 aliphatic rings. The number of hydrogen-bond donors (Lipinski definition) is 1. The van der Waals surface area contributed by atoms with E-state index in [1.165, 1.54) is 31.6 Å². The van der Waals surface area contributed by atoms with E-state index in [2.05, 4.69) is 4.98 Å². The second-order valence-corrected chi connectivity index (χ2v) is 3.45. The average molecular weight is 229 g/mol. The van der Waals surface area contributed by atoms with Gasteiger partial charge in [0.25, 0.3) is 0 Å². The maximum absolute atomic E-state index is 12.1. The Labute approximate surface area is 98.5 Å². The van der Waals surface area contributed by atoms with Gasteiger partial charge in [-0.2, -0.15) is 0 Å². The molecular weight excluding hydrogens is 218 g/mol. The van der Waals surface area contributed by atoms with E-state index in [0.717, 1.165) is 0 Å². The van der Waals surface area contributed by atoms with Crippen LogP contribution in [0.15, 0.2) is 42.7 Å². The fraction of sp³-hybridized carbons (Fsp3) is 0.0769. The first kappa shape index (κ1) is 11.1. The number of ketones is 1. The van der Waals surface area contributed by atoms with Crippen LogP contribution in [-0.4, -0.2) is 23.0 Å². The maximum Gasteiger partial charge on any atom is 0.196 e. The van der Waals surface area contributed by atoms with Crippen LogP contribution in [0.4, 0.5) is 0 Å². The highest BCUT2D eigenvalue weighted by molar-refractivity contribution is 6.10. The summed E-state index contributed by atoms with van der Waals surface area (Å²) in [5, 5.41) is 9.67. The number of pyridine rings is 1. The fourth-order valence-corrected chi connectivity index (χ4v) is 1.48. The monoisotopic (exact) mass is 229 g/mol. The van der Waals surface area contributed by atoms with Crippen molar-refractivity contribution in [2.24, 2.45) is 0 Å². The van der Waals surface area contributed by atoms with Gasteiger partial charge in [0.1, 0.15) is 11.5 Å². The molecule has 0 atom stereocenters. The third-order valence-corrected chi connectivity index (χ3v) is 2.39. The van der Waals surface area contributed by atoms with Gasteiger partial charge in [0, 0.05) is 18.0 Å². The Morgan fingerprint density at radius 1 is 1.24 bits per heavy atom. The van der Waals surface area contributed by atoms with Crippen LogP contribution >= 0.6 is 0 Å². The maximum atomic E-state index is 12.1. The number of carbonyl (C=O) groups is 1. The minimum Gasteiger partial charge on any atom is -0.507 e. The van der Waals surface area contributed by atoms with Gasteiger partial charge >= 0.3 is 0 Å². The zero-order valence-corrected chi connectivity index (χ0v) is 9.25. The molecule has 0 aliphatic carbocycles. The molecule has 0 saturated heterocycles. The Bertz CT molecular complexity index is 538. The van der Waals surface area contributed by atoms with E-state index in [0.29, 0.717) is 11.3 Å². The SMILES string of the molecule is COc1ccc(O)c(C(=O)c2ccncc2)c1. The molecule has 0 bridgehead atoms. The molecule has 4 nitrogen and oxygen atoms in total. The van der Waals surface area contributed by atoms with Crippen molar-refractivity contribution in [2.45, 2.75) is 0 Å². The van der Waals surface area contributed by atoms with E-state index in [-0.39, 0.29) is 17.1 Å². The number of phenols is 1. The van der Waals surface area contributed by atoms with E-state index >= 15 is 0 Å². The Hall–Kier alpha value is -2.36. The summed E-state index contributed by atoms with van der Waals surface area (Å²) in [6.07, 6.45) is 3.06. The normalized spacial score (nSPS) is 9.94. The largest absolute Gasteiger partial charge is 0.507 e. The van der Waals surface area contributed by atoms with Crippen LogP contribution < -0.4 is 4.74 Å². The van der Waals surface area contributed by atoms with Gasteiger partial charge in [-0.3, -0.25) is 9.78 Å². The first-order chi connectivity index (χ1) is 8.22. The number of nitrogens with zero attached hydrogens (tertiary/aromatic N) is 1. The van der Waals surface area contributed by atoms with E-state index in [4.69, 9.17) is 4.74 Å². The molecule has 1 aromatic carbocycles. The van der Waals surface area contributed by atoms with Crippen molar-refractivity contribution in [1.82, 2.24) is 4.98 Å². The molecule has 4 heteroatoms. The van der Waals surface area contributed by atoms with Crippen molar-refractivity contribution < 1.29 is 14.6 Å². The molecule has 0 spiro atoms. The number of ether oxygens (including phenoxy) is 1. The van der Waals surface area contributed by atoms with Gasteiger partial charge in [0.2, 0.25) is 0 Å². The van der Waals surface area contributed by atoms with Gasteiger partial charge < -0.3 is 9.84 Å². The van der Waals surface area contributed by atoms with Crippen molar-refractivity contribution in [1.29, 1.82) is 0 Å². The second kappa shape index (κ2) is 4.65. The lowest BCUT2D eigenvalue weighted by Gasteiger charge is -2.06. The number of benzene rings is 1. The van der Waals surface area contributed by atoms with Gasteiger partial charge in [-0.15, -0.1) is 0 Å². The third-order valence-electron chi connectivity index (χ3n) is 2.39. The summed E-state index contributed by atoms with van der Waals surface area (Å²) < 4.78 is 5.02. The summed E-state index contributed by atoms with van der Waals surface area (Å²) in [7, 11) is 1.51. The third kappa shape index (κ3) is 2.25. The molecule has 0 aliphatic heterocycles. The smallest absolute Gasteiger partial charge is 0.196 e. The highest BCUT2D eigenvalue weighted by Gasteiger charge is 2.14. The fourth-order valence-electron chi connectivity index (χ4n) is 1.48. The molecule has 2 aromatic rings. The van der Waals surface area contributed by atoms with Crippen LogP contribution in [0.3, 0.4) is 0 Å². The van der Waals surface area contributed by atoms with E-state index in [1.807, 2.05) is 0 Å². The van der Waals surface area contributed by atoms with Crippen LogP contribution in [-0.2, 0) is 0 Å². The van der Waals surface area contributed by atoms with E-state index in [1.54, 1.807) is 18.2 Å². The number of rotatable bonds is 3. The lowest BCUT2D eigenvalue weighted by Crippen LogP contribution is -2.02. The molecular formula is C13H11NO3. The van der Waals surface area contributed by atoms with Crippen LogP contribution in [0, 0.1) is 0 Å². The number of aromatic hydroxyl groups is 1. The zero-order valence-electron chi connectivity index (χ0n) is 9.25. The molecule has 0 saturated carbocycles. The lowest BCUT2D eigenvalue weighted by molar-refractivity contribution is 0.103. The summed E-state index contributed by atoms with van der Waals surface area (Å²) in [6, 6.07) is 7.74. The number of aromatic nitrogens is 1. The second-order valence-electron chi connectivity index (χ2n) is 3.45. The minimum atomic E-state index is -0.260. The van der Waals surface area contributed by atoms with Crippen LogP contribution in [0.2, 0.25) is 0 Å². The topological polar surface area (TPSA) is 59.4 Å². The summed E-state index contributed by atoms with van der Waals surface area (Å²) in [5.41, 5.74) is 0.694. The standard InChI is InChI=1S/C13H11NO3/c1-17-10-2-3-12(15)11(8-10)13(16)9-4-6-14-7-5-9/h2-8,15H,1H3.